The van der Waals surface area contributed by atoms with Gasteiger partial charge in [-0.2, -0.15) is 0 Å². The molecule has 0 aliphatic heterocycles. The summed E-state index contributed by atoms with van der Waals surface area (Å²) >= 11 is 0. The summed E-state index contributed by atoms with van der Waals surface area (Å²) in [4.78, 5) is 22.9. The Labute approximate surface area is 135 Å². The van der Waals surface area contributed by atoms with Crippen molar-refractivity contribution in [1.82, 2.24) is 0 Å². The zero-order valence-electron chi connectivity index (χ0n) is 14.4. The van der Waals surface area contributed by atoms with Crippen LogP contribution in [-0.4, -0.2) is 23.7 Å². The monoisotopic (exact) mass is 314 g/mol. The third kappa shape index (κ3) is 12.7. The van der Waals surface area contributed by atoms with Crippen LogP contribution in [0.2, 0.25) is 0 Å². The Morgan fingerprint density at radius 1 is 0.864 bits per heavy atom. The fraction of sp³-hybridized carbons (Fsp3) is 0.889. The van der Waals surface area contributed by atoms with E-state index in [0.717, 1.165) is 32.1 Å². The number of aliphatic carboxylic acids is 1. The van der Waals surface area contributed by atoms with E-state index in [4.69, 9.17) is 4.74 Å². The van der Waals surface area contributed by atoms with E-state index in [2.05, 4.69) is 13.8 Å². The van der Waals surface area contributed by atoms with Crippen molar-refractivity contribution in [2.75, 3.05) is 6.61 Å². The van der Waals surface area contributed by atoms with Crippen molar-refractivity contribution in [1.29, 1.82) is 0 Å². The number of carbonyl (C=O) groups excluding carboxylic acids is 1. The number of hydrogen-bond donors (Lipinski definition) is 1. The van der Waals surface area contributed by atoms with Gasteiger partial charge in [0.2, 0.25) is 0 Å². The minimum absolute atomic E-state index is 0.0120. The highest BCUT2D eigenvalue weighted by atomic mass is 16.5. The third-order valence-corrected chi connectivity index (χ3v) is 3.93. The van der Waals surface area contributed by atoms with Crippen LogP contribution in [0.3, 0.4) is 0 Å². The van der Waals surface area contributed by atoms with Gasteiger partial charge in [-0.1, -0.05) is 71.6 Å². The average molecular weight is 314 g/mol. The Bertz CT molecular complexity index is 289. The first-order valence-electron chi connectivity index (χ1n) is 9.00. The number of rotatable bonds is 15. The summed E-state index contributed by atoms with van der Waals surface area (Å²) in [5.41, 5.74) is 0. The molecule has 0 bridgehead atoms. The van der Waals surface area contributed by atoms with Gasteiger partial charge in [0.05, 0.1) is 18.9 Å². The topological polar surface area (TPSA) is 63.6 Å². The predicted molar refractivity (Wildman–Crippen MR) is 88.8 cm³/mol. The Kier molecular flexibility index (Phi) is 14.1. The van der Waals surface area contributed by atoms with Gasteiger partial charge in [0.1, 0.15) is 0 Å². The zero-order chi connectivity index (χ0) is 16.6. The summed E-state index contributed by atoms with van der Waals surface area (Å²) in [5, 5.41) is 9.19. The van der Waals surface area contributed by atoms with Crippen LogP contribution < -0.4 is 0 Å². The molecule has 1 unspecified atom stereocenters. The van der Waals surface area contributed by atoms with Crippen molar-refractivity contribution in [3.63, 3.8) is 0 Å². The molecule has 1 atom stereocenters. The van der Waals surface area contributed by atoms with Crippen molar-refractivity contribution < 1.29 is 19.4 Å². The summed E-state index contributed by atoms with van der Waals surface area (Å²) in [6.07, 6.45) is 11.5. The number of carboxylic acids is 1. The molecule has 0 aliphatic carbocycles. The molecular formula is C18H34O4. The van der Waals surface area contributed by atoms with E-state index in [1.165, 1.54) is 32.1 Å². The van der Waals surface area contributed by atoms with Crippen molar-refractivity contribution in [3.05, 3.63) is 0 Å². The SMILES string of the molecule is CCCCCCCOC(=O)CC(CCCCCCC)C(=O)O. The summed E-state index contributed by atoms with van der Waals surface area (Å²) < 4.78 is 5.15. The van der Waals surface area contributed by atoms with E-state index in [9.17, 15) is 14.7 Å². The third-order valence-electron chi connectivity index (χ3n) is 3.93. The molecule has 0 saturated heterocycles. The fourth-order valence-corrected chi connectivity index (χ4v) is 2.46. The van der Waals surface area contributed by atoms with Gasteiger partial charge in [-0.05, 0) is 12.8 Å². The molecule has 22 heavy (non-hydrogen) atoms. The molecule has 0 rings (SSSR count). The molecule has 0 saturated carbocycles. The number of esters is 1. The lowest BCUT2D eigenvalue weighted by Crippen LogP contribution is -2.19. The maximum atomic E-state index is 11.7. The Morgan fingerprint density at radius 2 is 1.41 bits per heavy atom. The highest BCUT2D eigenvalue weighted by Gasteiger charge is 2.21. The molecule has 0 radical (unpaired) electrons. The van der Waals surface area contributed by atoms with Gasteiger partial charge in [0.15, 0.2) is 0 Å². The summed E-state index contributed by atoms with van der Waals surface area (Å²) in [6, 6.07) is 0. The van der Waals surface area contributed by atoms with Crippen LogP contribution in [0.15, 0.2) is 0 Å². The number of carboxylic acid groups (broad SMARTS) is 1. The number of unbranched alkanes of at least 4 members (excludes halogenated alkanes) is 8. The van der Waals surface area contributed by atoms with E-state index in [0.29, 0.717) is 13.0 Å². The van der Waals surface area contributed by atoms with Crippen LogP contribution in [0.5, 0.6) is 0 Å². The number of carbonyl (C=O) groups is 2. The van der Waals surface area contributed by atoms with E-state index < -0.39 is 11.9 Å². The van der Waals surface area contributed by atoms with Crippen LogP contribution in [0.4, 0.5) is 0 Å². The summed E-state index contributed by atoms with van der Waals surface area (Å²) in [6.45, 7) is 4.73. The van der Waals surface area contributed by atoms with Gasteiger partial charge in [0.25, 0.3) is 0 Å². The van der Waals surface area contributed by atoms with Crippen LogP contribution in [-0.2, 0) is 14.3 Å². The van der Waals surface area contributed by atoms with E-state index in [1.54, 1.807) is 0 Å². The van der Waals surface area contributed by atoms with Crippen molar-refractivity contribution in [2.24, 2.45) is 5.92 Å². The molecule has 0 aliphatic rings. The normalized spacial score (nSPS) is 12.1. The molecule has 0 amide bonds. The average Bonchev–Trinajstić information content (AvgIpc) is 2.49. The first kappa shape index (κ1) is 20.9. The molecule has 0 heterocycles. The molecule has 4 nitrogen and oxygen atoms in total. The maximum Gasteiger partial charge on any atom is 0.307 e. The summed E-state index contributed by atoms with van der Waals surface area (Å²) in [5.74, 6) is -1.83. The van der Waals surface area contributed by atoms with Crippen LogP contribution >= 0.6 is 0 Å². The van der Waals surface area contributed by atoms with Crippen molar-refractivity contribution >= 4 is 11.9 Å². The van der Waals surface area contributed by atoms with Gasteiger partial charge in [0, 0.05) is 0 Å². The fourth-order valence-electron chi connectivity index (χ4n) is 2.46. The zero-order valence-corrected chi connectivity index (χ0v) is 14.4. The molecule has 0 fully saturated rings. The maximum absolute atomic E-state index is 11.7. The van der Waals surface area contributed by atoms with Gasteiger partial charge in [-0.25, -0.2) is 0 Å². The van der Waals surface area contributed by atoms with Crippen molar-refractivity contribution in [3.8, 4) is 0 Å². The molecule has 0 aromatic heterocycles. The number of ether oxygens (including phenoxy) is 1. The first-order valence-corrected chi connectivity index (χ1v) is 9.00. The predicted octanol–water partition coefficient (Wildman–Crippen LogP) is 4.95. The van der Waals surface area contributed by atoms with Crippen molar-refractivity contribution in [2.45, 2.75) is 90.9 Å². The molecule has 1 N–H and O–H groups in total. The van der Waals surface area contributed by atoms with E-state index in [-0.39, 0.29) is 12.4 Å². The molecular weight excluding hydrogens is 280 g/mol. The lowest BCUT2D eigenvalue weighted by Gasteiger charge is -2.12. The highest BCUT2D eigenvalue weighted by Crippen LogP contribution is 2.16. The smallest absolute Gasteiger partial charge is 0.307 e. The van der Waals surface area contributed by atoms with Gasteiger partial charge < -0.3 is 9.84 Å². The molecule has 0 spiro atoms. The molecule has 0 aromatic rings. The van der Waals surface area contributed by atoms with Crippen LogP contribution in [0.1, 0.15) is 90.9 Å². The second-order valence-electron chi connectivity index (χ2n) is 6.08. The van der Waals surface area contributed by atoms with E-state index >= 15 is 0 Å². The Hall–Kier alpha value is -1.06. The standard InChI is InChI=1S/C18H34O4/c1-3-5-7-9-11-13-16(18(20)21)15-17(19)22-14-12-10-8-6-4-2/h16H,3-15H2,1-2H3,(H,20,21). The highest BCUT2D eigenvalue weighted by molar-refractivity contribution is 5.78. The van der Waals surface area contributed by atoms with Gasteiger partial charge in [-0.15, -0.1) is 0 Å². The van der Waals surface area contributed by atoms with Crippen LogP contribution in [0, 0.1) is 5.92 Å². The second-order valence-corrected chi connectivity index (χ2v) is 6.08. The lowest BCUT2D eigenvalue weighted by atomic mass is 9.97. The van der Waals surface area contributed by atoms with Crippen LogP contribution in [0.25, 0.3) is 0 Å². The number of hydrogen-bond acceptors (Lipinski definition) is 3. The Morgan fingerprint density at radius 3 is 1.95 bits per heavy atom. The molecule has 0 aromatic carbocycles. The van der Waals surface area contributed by atoms with Gasteiger partial charge >= 0.3 is 11.9 Å². The molecule has 4 heteroatoms. The summed E-state index contributed by atoms with van der Waals surface area (Å²) in [7, 11) is 0. The molecule has 130 valence electrons. The largest absolute Gasteiger partial charge is 0.481 e. The first-order chi connectivity index (χ1) is 10.6. The van der Waals surface area contributed by atoms with E-state index in [1.807, 2.05) is 0 Å². The minimum Gasteiger partial charge on any atom is -0.481 e. The minimum atomic E-state index is -0.879. The van der Waals surface area contributed by atoms with Gasteiger partial charge in [-0.3, -0.25) is 9.59 Å². The Balaban J connectivity index is 3.77. The quantitative estimate of drug-likeness (QED) is 0.343. The lowest BCUT2D eigenvalue weighted by molar-refractivity contribution is -0.151. The second kappa shape index (κ2) is 14.9.